The van der Waals surface area contributed by atoms with Crippen LogP contribution in [0.1, 0.15) is 64.2 Å². The molecule has 3 rings (SSSR count). The molecule has 0 amide bonds. The predicted octanol–water partition coefficient (Wildman–Crippen LogP) is -1.47. The van der Waals surface area contributed by atoms with E-state index in [4.69, 9.17) is 15.0 Å². The van der Waals surface area contributed by atoms with Gasteiger partial charge in [0.25, 0.3) is 0 Å². The number of nitrogens with zero attached hydrogens (tertiary/aromatic N) is 3. The van der Waals surface area contributed by atoms with E-state index in [1.54, 1.807) is 0 Å². The molecule has 0 atom stereocenters. The summed E-state index contributed by atoms with van der Waals surface area (Å²) in [5.74, 6) is 0. The van der Waals surface area contributed by atoms with Crippen molar-refractivity contribution in [1.29, 1.82) is 0 Å². The van der Waals surface area contributed by atoms with Crippen molar-refractivity contribution in [1.82, 2.24) is 4.98 Å². The maximum atomic E-state index is 4.95. The largest absolute Gasteiger partial charge is 3.00 e. The molecule has 2 aromatic carbocycles. The van der Waals surface area contributed by atoms with Crippen LogP contribution >= 0.6 is 0 Å². The Labute approximate surface area is 239 Å². The van der Waals surface area contributed by atoms with Gasteiger partial charge in [0.1, 0.15) is 0 Å². The second-order valence-corrected chi connectivity index (χ2v) is 8.80. The monoisotopic (exact) mass is 575 g/mol. The minimum Gasteiger partial charge on any atom is -1.00 e. The first-order valence-electron chi connectivity index (χ1n) is 10.8. The van der Waals surface area contributed by atoms with Crippen LogP contribution in [0.25, 0.3) is 0 Å². The average Bonchev–Trinajstić information content (AvgIpc) is 2.66. The van der Waals surface area contributed by atoms with E-state index in [0.29, 0.717) is 0 Å². The zero-order valence-electron chi connectivity index (χ0n) is 21.8. The van der Waals surface area contributed by atoms with Crippen LogP contribution in [0.2, 0.25) is 0 Å². The van der Waals surface area contributed by atoms with Crippen molar-refractivity contribution in [2.75, 3.05) is 0 Å². The first-order valence-corrected chi connectivity index (χ1v) is 10.8. The van der Waals surface area contributed by atoms with Crippen LogP contribution in [0.5, 0.6) is 0 Å². The van der Waals surface area contributed by atoms with Gasteiger partial charge in [-0.25, -0.2) is 4.98 Å². The zero-order valence-corrected chi connectivity index (χ0v) is 25.1. The summed E-state index contributed by atoms with van der Waals surface area (Å²) in [7, 11) is 0. The third-order valence-corrected chi connectivity index (χ3v) is 5.54. The fourth-order valence-corrected chi connectivity index (χ4v) is 4.19. The van der Waals surface area contributed by atoms with Gasteiger partial charge < -0.3 is 37.2 Å². The predicted molar refractivity (Wildman–Crippen MR) is 134 cm³/mol. The Morgan fingerprint density at radius 2 is 0.771 bits per heavy atom. The molecule has 35 heavy (non-hydrogen) atoms. The third-order valence-electron chi connectivity index (χ3n) is 5.54. The molecule has 0 saturated carbocycles. The molecule has 190 valence electrons. The van der Waals surface area contributed by atoms with Crippen LogP contribution < -0.4 is 37.2 Å². The molecule has 0 aliphatic rings. The van der Waals surface area contributed by atoms with E-state index in [-0.39, 0.29) is 54.0 Å². The standard InChI is InChI=1S/C28H33N3.3ClH.Co/c1-16-10-19(4)27(20(5)11-16)29-23(8)25-14-18(3)15-26(31-25)24(9)30-28-21(6)12-17(2)13-22(28)7;;;;/h10-15H,1-9H3;3*1H;/q;;;;+3/p-3. The van der Waals surface area contributed by atoms with Crippen LogP contribution in [0.4, 0.5) is 11.4 Å². The molecular weight excluding hydrogens is 544 g/mol. The first kappa shape index (κ1) is 35.5. The summed E-state index contributed by atoms with van der Waals surface area (Å²) in [4.78, 5) is 14.8. The minimum atomic E-state index is 0. The summed E-state index contributed by atoms with van der Waals surface area (Å²) in [6.07, 6.45) is 0. The molecule has 0 N–H and O–H groups in total. The molecule has 0 saturated heterocycles. The summed E-state index contributed by atoms with van der Waals surface area (Å²) in [6.45, 7) is 18.9. The van der Waals surface area contributed by atoms with E-state index < -0.39 is 0 Å². The van der Waals surface area contributed by atoms with Crippen molar-refractivity contribution in [3.8, 4) is 0 Å². The van der Waals surface area contributed by atoms with Crippen LogP contribution in [0.15, 0.2) is 46.4 Å². The SMILES string of the molecule is CC(=Nc1c(C)cc(C)cc1C)c1cc(C)cc(C(C)=Nc2c(C)cc(C)cc2C)n1.[Cl-].[Cl-].[Cl-].[Co+3]. The maximum Gasteiger partial charge on any atom is 3.00 e. The Morgan fingerprint density at radius 3 is 1.06 bits per heavy atom. The number of aryl methyl sites for hydroxylation is 7. The van der Waals surface area contributed by atoms with Gasteiger partial charge in [0.05, 0.1) is 34.2 Å². The molecule has 0 aliphatic heterocycles. The molecule has 3 aromatic rings. The van der Waals surface area contributed by atoms with Gasteiger partial charge in [-0.1, -0.05) is 35.4 Å². The summed E-state index contributed by atoms with van der Waals surface area (Å²) in [5.41, 5.74) is 14.1. The van der Waals surface area contributed by atoms with Gasteiger partial charge in [0.15, 0.2) is 0 Å². The van der Waals surface area contributed by atoms with Crippen molar-refractivity contribution in [2.45, 2.75) is 62.3 Å². The molecule has 0 fully saturated rings. The number of hydrogen-bond acceptors (Lipinski definition) is 3. The van der Waals surface area contributed by atoms with Gasteiger partial charge in [0, 0.05) is 0 Å². The molecular formula is C28H33Cl3CoN3. The summed E-state index contributed by atoms with van der Waals surface area (Å²) < 4.78 is 0. The van der Waals surface area contributed by atoms with E-state index in [1.165, 1.54) is 33.4 Å². The van der Waals surface area contributed by atoms with E-state index >= 15 is 0 Å². The average molecular weight is 577 g/mol. The van der Waals surface area contributed by atoms with Gasteiger partial charge >= 0.3 is 16.8 Å². The number of aromatic nitrogens is 1. The van der Waals surface area contributed by atoms with Crippen molar-refractivity contribution in [3.05, 3.63) is 86.7 Å². The summed E-state index contributed by atoms with van der Waals surface area (Å²) in [6, 6.07) is 12.9. The van der Waals surface area contributed by atoms with Gasteiger partial charge in [-0.3, -0.25) is 9.98 Å². The van der Waals surface area contributed by atoms with Gasteiger partial charge in [-0.05, 0) is 102 Å². The van der Waals surface area contributed by atoms with E-state index in [1.807, 2.05) is 13.8 Å². The molecule has 1 aromatic heterocycles. The second-order valence-electron chi connectivity index (χ2n) is 8.80. The maximum absolute atomic E-state index is 4.95. The Morgan fingerprint density at radius 1 is 0.514 bits per heavy atom. The number of halogens is 3. The van der Waals surface area contributed by atoms with Crippen molar-refractivity contribution in [3.63, 3.8) is 0 Å². The van der Waals surface area contributed by atoms with Crippen LogP contribution in [0.3, 0.4) is 0 Å². The van der Waals surface area contributed by atoms with Gasteiger partial charge in [-0.2, -0.15) is 0 Å². The summed E-state index contributed by atoms with van der Waals surface area (Å²) >= 11 is 0. The molecule has 1 heterocycles. The van der Waals surface area contributed by atoms with E-state index in [2.05, 4.69) is 84.9 Å². The van der Waals surface area contributed by atoms with Crippen LogP contribution in [0, 0.1) is 48.5 Å². The van der Waals surface area contributed by atoms with E-state index in [9.17, 15) is 0 Å². The topological polar surface area (TPSA) is 37.6 Å². The third kappa shape index (κ3) is 8.73. The molecule has 0 bridgehead atoms. The number of rotatable bonds is 4. The van der Waals surface area contributed by atoms with Gasteiger partial charge in [0.2, 0.25) is 0 Å². The molecule has 7 heteroatoms. The Balaban J connectivity index is 0. The molecule has 0 radical (unpaired) electrons. The minimum absolute atomic E-state index is 0. The molecule has 0 unspecified atom stereocenters. The second kappa shape index (κ2) is 14.8. The molecule has 0 spiro atoms. The van der Waals surface area contributed by atoms with Crippen molar-refractivity contribution < 1.29 is 54.0 Å². The number of benzene rings is 2. The molecule has 3 nitrogen and oxygen atoms in total. The normalized spacial score (nSPS) is 11.0. The van der Waals surface area contributed by atoms with Crippen LogP contribution in [-0.2, 0) is 16.8 Å². The molecule has 0 aliphatic carbocycles. The number of pyridine rings is 1. The fraction of sp³-hybridized carbons (Fsp3) is 0.321. The Hall–Kier alpha value is -1.69. The smallest absolute Gasteiger partial charge is 1.00 e. The quantitative estimate of drug-likeness (QED) is 0.350. The fourth-order valence-electron chi connectivity index (χ4n) is 4.19. The Bertz CT molecular complexity index is 1100. The first-order chi connectivity index (χ1) is 14.5. The zero-order chi connectivity index (χ0) is 22.9. The van der Waals surface area contributed by atoms with Crippen molar-refractivity contribution >= 4 is 22.8 Å². The summed E-state index contributed by atoms with van der Waals surface area (Å²) in [5, 5.41) is 0. The number of aliphatic imine (C=N–C) groups is 2. The van der Waals surface area contributed by atoms with Crippen molar-refractivity contribution in [2.24, 2.45) is 9.98 Å². The Kier molecular flexibility index (Phi) is 15.0. The number of hydrogen-bond donors (Lipinski definition) is 0. The van der Waals surface area contributed by atoms with Crippen LogP contribution in [-0.4, -0.2) is 16.4 Å². The van der Waals surface area contributed by atoms with Gasteiger partial charge in [-0.15, -0.1) is 0 Å². The van der Waals surface area contributed by atoms with E-state index in [0.717, 1.165) is 39.7 Å².